The predicted molar refractivity (Wildman–Crippen MR) is 115 cm³/mol. The molecule has 27 heavy (non-hydrogen) atoms. The molecular formula is C22H45N3O2. The summed E-state index contributed by atoms with van der Waals surface area (Å²) in [5.74, 6) is 0.0490. The first-order valence-electron chi connectivity index (χ1n) is 11.4. The zero-order valence-electron chi connectivity index (χ0n) is 18.1. The monoisotopic (exact) mass is 383 g/mol. The van der Waals surface area contributed by atoms with E-state index in [9.17, 15) is 9.59 Å². The third kappa shape index (κ3) is 16.8. The molecule has 0 aromatic heterocycles. The number of hydrogen-bond donors (Lipinski definition) is 2. The number of hydrogen-bond acceptors (Lipinski definition) is 3. The van der Waals surface area contributed by atoms with Crippen molar-refractivity contribution in [2.75, 3.05) is 26.2 Å². The molecule has 0 saturated carbocycles. The number of nitrogens with two attached hydrogens (primary N) is 1. The van der Waals surface area contributed by atoms with Crippen LogP contribution < -0.4 is 11.1 Å². The van der Waals surface area contributed by atoms with Gasteiger partial charge in [0.15, 0.2) is 0 Å². The Hall–Kier alpha value is -1.10. The molecule has 0 aromatic carbocycles. The summed E-state index contributed by atoms with van der Waals surface area (Å²) in [5, 5.41) is 2.74. The standard InChI is InChI=1S/C22H45N3O2/c1-3-5-7-9-11-13-19-25(20-14-12-10-8-6-4-2)22(27)16-15-21(26)24-18-17-23/h3-20,23H2,1-2H3,(H,24,26). The molecule has 0 aliphatic heterocycles. The highest BCUT2D eigenvalue weighted by Gasteiger charge is 2.14. The summed E-state index contributed by atoms with van der Waals surface area (Å²) in [4.78, 5) is 26.3. The van der Waals surface area contributed by atoms with Crippen molar-refractivity contribution in [2.24, 2.45) is 5.73 Å². The minimum Gasteiger partial charge on any atom is -0.355 e. The van der Waals surface area contributed by atoms with Crippen molar-refractivity contribution < 1.29 is 9.59 Å². The summed E-state index contributed by atoms with van der Waals surface area (Å²) in [7, 11) is 0. The molecule has 0 radical (unpaired) electrons. The highest BCUT2D eigenvalue weighted by Crippen LogP contribution is 2.10. The maximum absolute atomic E-state index is 12.6. The summed E-state index contributed by atoms with van der Waals surface area (Å²) in [5.41, 5.74) is 5.39. The maximum Gasteiger partial charge on any atom is 0.223 e. The van der Waals surface area contributed by atoms with Crippen LogP contribution in [0.3, 0.4) is 0 Å². The zero-order chi connectivity index (χ0) is 20.2. The number of nitrogens with zero attached hydrogens (tertiary/aromatic N) is 1. The minimum absolute atomic E-state index is 0.0760. The van der Waals surface area contributed by atoms with E-state index in [1.54, 1.807) is 0 Å². The molecule has 3 N–H and O–H groups in total. The van der Waals surface area contributed by atoms with E-state index in [0.29, 0.717) is 19.5 Å². The number of carbonyl (C=O) groups excluding carboxylic acids is 2. The molecule has 0 aliphatic carbocycles. The van der Waals surface area contributed by atoms with E-state index in [1.165, 1.54) is 64.2 Å². The smallest absolute Gasteiger partial charge is 0.223 e. The molecule has 0 atom stereocenters. The highest BCUT2D eigenvalue weighted by molar-refractivity contribution is 5.83. The number of carbonyl (C=O) groups is 2. The van der Waals surface area contributed by atoms with Gasteiger partial charge in [-0.25, -0.2) is 0 Å². The van der Waals surface area contributed by atoms with Crippen molar-refractivity contribution in [3.05, 3.63) is 0 Å². The zero-order valence-corrected chi connectivity index (χ0v) is 18.1. The largest absolute Gasteiger partial charge is 0.355 e. The van der Waals surface area contributed by atoms with Gasteiger partial charge in [-0.1, -0.05) is 78.1 Å². The van der Waals surface area contributed by atoms with E-state index in [-0.39, 0.29) is 18.2 Å². The van der Waals surface area contributed by atoms with Gasteiger partial charge in [-0.3, -0.25) is 9.59 Å². The second kappa shape index (κ2) is 19.7. The minimum atomic E-state index is -0.0760. The normalized spacial score (nSPS) is 10.8. The van der Waals surface area contributed by atoms with Gasteiger partial charge in [0, 0.05) is 39.0 Å². The van der Waals surface area contributed by atoms with Gasteiger partial charge in [0.05, 0.1) is 0 Å². The Balaban J connectivity index is 4.18. The Morgan fingerprint density at radius 2 is 1.22 bits per heavy atom. The first kappa shape index (κ1) is 25.9. The fourth-order valence-corrected chi connectivity index (χ4v) is 3.21. The lowest BCUT2D eigenvalue weighted by Crippen LogP contribution is -2.35. The summed E-state index contributed by atoms with van der Waals surface area (Å²) >= 11 is 0. The fourth-order valence-electron chi connectivity index (χ4n) is 3.21. The van der Waals surface area contributed by atoms with Crippen molar-refractivity contribution in [3.8, 4) is 0 Å². The van der Waals surface area contributed by atoms with Gasteiger partial charge < -0.3 is 16.0 Å². The third-order valence-electron chi connectivity index (χ3n) is 4.95. The topological polar surface area (TPSA) is 75.4 Å². The lowest BCUT2D eigenvalue weighted by molar-refractivity contribution is -0.133. The molecule has 5 nitrogen and oxygen atoms in total. The second-order valence-electron chi connectivity index (χ2n) is 7.55. The third-order valence-corrected chi connectivity index (χ3v) is 4.95. The quantitative estimate of drug-likeness (QED) is 0.325. The highest BCUT2D eigenvalue weighted by atomic mass is 16.2. The molecular weight excluding hydrogens is 338 g/mol. The van der Waals surface area contributed by atoms with Gasteiger partial charge in [0.2, 0.25) is 11.8 Å². The van der Waals surface area contributed by atoms with Gasteiger partial charge in [0.25, 0.3) is 0 Å². The van der Waals surface area contributed by atoms with E-state index in [0.717, 1.165) is 25.9 Å². The van der Waals surface area contributed by atoms with Crippen LogP contribution in [0.25, 0.3) is 0 Å². The van der Waals surface area contributed by atoms with Gasteiger partial charge in [-0.15, -0.1) is 0 Å². The van der Waals surface area contributed by atoms with Crippen LogP contribution in [-0.4, -0.2) is 42.9 Å². The number of amides is 2. The molecule has 0 saturated heterocycles. The average molecular weight is 384 g/mol. The number of nitrogens with one attached hydrogen (secondary N) is 1. The molecule has 0 aromatic rings. The van der Waals surface area contributed by atoms with E-state index >= 15 is 0 Å². The molecule has 0 heterocycles. The Bertz CT molecular complexity index is 345. The number of rotatable bonds is 19. The molecule has 0 fully saturated rings. The van der Waals surface area contributed by atoms with Gasteiger partial charge in [0.1, 0.15) is 0 Å². The Kier molecular flexibility index (Phi) is 18.9. The van der Waals surface area contributed by atoms with Crippen LogP contribution >= 0.6 is 0 Å². The maximum atomic E-state index is 12.6. The van der Waals surface area contributed by atoms with Crippen molar-refractivity contribution in [1.82, 2.24) is 10.2 Å². The molecule has 0 unspecified atom stereocenters. The van der Waals surface area contributed by atoms with E-state index in [1.807, 2.05) is 4.90 Å². The molecule has 0 aliphatic rings. The van der Waals surface area contributed by atoms with Crippen molar-refractivity contribution in [3.63, 3.8) is 0 Å². The van der Waals surface area contributed by atoms with E-state index < -0.39 is 0 Å². The van der Waals surface area contributed by atoms with Crippen LogP contribution in [0.5, 0.6) is 0 Å². The summed E-state index contributed by atoms with van der Waals surface area (Å²) < 4.78 is 0. The summed E-state index contributed by atoms with van der Waals surface area (Å²) in [6.45, 7) is 7.04. The van der Waals surface area contributed by atoms with Crippen LogP contribution in [0, 0.1) is 0 Å². The second-order valence-corrected chi connectivity index (χ2v) is 7.55. The van der Waals surface area contributed by atoms with Crippen LogP contribution in [0.15, 0.2) is 0 Å². The van der Waals surface area contributed by atoms with E-state index in [4.69, 9.17) is 5.73 Å². The Labute approximate surface area is 167 Å². The van der Waals surface area contributed by atoms with Gasteiger partial charge >= 0.3 is 0 Å². The molecule has 0 bridgehead atoms. The molecule has 2 amide bonds. The lowest BCUT2D eigenvalue weighted by Gasteiger charge is -2.23. The molecule has 0 rings (SSSR count). The van der Waals surface area contributed by atoms with E-state index in [2.05, 4.69) is 19.2 Å². The van der Waals surface area contributed by atoms with Crippen LogP contribution in [0.1, 0.15) is 104 Å². The molecule has 5 heteroatoms. The predicted octanol–water partition coefficient (Wildman–Crippen LogP) is 4.39. The molecule has 0 spiro atoms. The van der Waals surface area contributed by atoms with Crippen molar-refractivity contribution in [2.45, 2.75) is 104 Å². The molecule has 160 valence electrons. The van der Waals surface area contributed by atoms with Gasteiger partial charge in [-0.05, 0) is 12.8 Å². The van der Waals surface area contributed by atoms with Crippen molar-refractivity contribution in [1.29, 1.82) is 0 Å². The summed E-state index contributed by atoms with van der Waals surface area (Å²) in [6, 6.07) is 0. The first-order valence-corrected chi connectivity index (χ1v) is 11.4. The van der Waals surface area contributed by atoms with Gasteiger partial charge in [-0.2, -0.15) is 0 Å². The Morgan fingerprint density at radius 1 is 0.741 bits per heavy atom. The summed E-state index contributed by atoms with van der Waals surface area (Å²) in [6.07, 6.45) is 15.3. The SMILES string of the molecule is CCCCCCCCN(CCCCCCCC)C(=O)CCC(=O)NCCN. The Morgan fingerprint density at radius 3 is 1.70 bits per heavy atom. The van der Waals surface area contributed by atoms with Crippen LogP contribution in [0.2, 0.25) is 0 Å². The van der Waals surface area contributed by atoms with Crippen LogP contribution in [0.4, 0.5) is 0 Å². The first-order chi connectivity index (χ1) is 13.2. The van der Waals surface area contributed by atoms with Crippen molar-refractivity contribution >= 4 is 11.8 Å². The average Bonchev–Trinajstić information content (AvgIpc) is 2.68. The number of unbranched alkanes of at least 4 members (excludes halogenated alkanes) is 10. The lowest BCUT2D eigenvalue weighted by atomic mass is 10.1. The fraction of sp³-hybridized carbons (Fsp3) is 0.909. The van der Waals surface area contributed by atoms with Crippen LogP contribution in [-0.2, 0) is 9.59 Å².